The number of carboxylic acid groups (broad SMARTS) is 1. The molecule has 2 rings (SSSR count). The fourth-order valence-corrected chi connectivity index (χ4v) is 2.83. The van der Waals surface area contributed by atoms with Gasteiger partial charge < -0.3 is 10.4 Å². The maximum Gasteiger partial charge on any atom is 0.308 e. The minimum Gasteiger partial charge on any atom is -0.481 e. The van der Waals surface area contributed by atoms with Crippen LogP contribution < -0.4 is 5.32 Å². The van der Waals surface area contributed by atoms with Crippen molar-refractivity contribution >= 4 is 11.9 Å². The van der Waals surface area contributed by atoms with Gasteiger partial charge in [-0.05, 0) is 31.0 Å². The fraction of sp³-hybridized carbons (Fsp3) is 0.500. The molecule has 0 aromatic heterocycles. The fourth-order valence-electron chi connectivity index (χ4n) is 2.83. The highest BCUT2D eigenvalue weighted by molar-refractivity contribution is 5.94. The van der Waals surface area contributed by atoms with Crippen LogP contribution in [-0.2, 0) is 4.79 Å². The molecule has 1 fully saturated rings. The first kappa shape index (κ1) is 15.5. The summed E-state index contributed by atoms with van der Waals surface area (Å²) < 4.78 is 13.2. The maximum absolute atomic E-state index is 13.2. The van der Waals surface area contributed by atoms with Crippen molar-refractivity contribution in [3.8, 4) is 0 Å². The molecule has 1 aromatic rings. The van der Waals surface area contributed by atoms with Crippen molar-refractivity contribution in [1.82, 2.24) is 5.32 Å². The van der Waals surface area contributed by atoms with Gasteiger partial charge in [-0.15, -0.1) is 0 Å². The van der Waals surface area contributed by atoms with Crippen molar-refractivity contribution in [2.45, 2.75) is 44.6 Å². The molecule has 4 nitrogen and oxygen atoms in total. The third kappa shape index (κ3) is 4.28. The average Bonchev–Trinajstić information content (AvgIpc) is 2.41. The van der Waals surface area contributed by atoms with E-state index in [0.29, 0.717) is 12.8 Å². The van der Waals surface area contributed by atoms with Crippen LogP contribution in [0.3, 0.4) is 0 Å². The number of nitrogens with one attached hydrogen (secondary N) is 1. The Kier molecular flexibility index (Phi) is 5.31. The van der Waals surface area contributed by atoms with Gasteiger partial charge in [0.25, 0.3) is 5.91 Å². The van der Waals surface area contributed by atoms with E-state index in [1.807, 2.05) is 0 Å². The number of aliphatic carboxylic acids is 1. The van der Waals surface area contributed by atoms with Gasteiger partial charge >= 0.3 is 5.97 Å². The summed E-state index contributed by atoms with van der Waals surface area (Å²) in [6.07, 6.45) is 5.08. The summed E-state index contributed by atoms with van der Waals surface area (Å²) in [5.74, 6) is -2.33. The van der Waals surface area contributed by atoms with Crippen LogP contribution in [0.5, 0.6) is 0 Å². The second-order valence-electron chi connectivity index (χ2n) is 5.53. The lowest BCUT2D eigenvalue weighted by Crippen LogP contribution is -2.43. The summed E-state index contributed by atoms with van der Waals surface area (Å²) in [4.78, 5) is 23.6. The van der Waals surface area contributed by atoms with Gasteiger partial charge in [-0.3, -0.25) is 9.59 Å². The van der Waals surface area contributed by atoms with Gasteiger partial charge in [0.05, 0.1) is 5.92 Å². The number of amides is 1. The van der Waals surface area contributed by atoms with E-state index in [0.717, 1.165) is 31.7 Å². The summed E-state index contributed by atoms with van der Waals surface area (Å²) >= 11 is 0. The maximum atomic E-state index is 13.2. The second kappa shape index (κ2) is 7.20. The number of carbonyl (C=O) groups excluding carboxylic acids is 1. The van der Waals surface area contributed by atoms with E-state index in [-0.39, 0.29) is 5.56 Å². The summed E-state index contributed by atoms with van der Waals surface area (Å²) in [5.41, 5.74) is 0.223. The zero-order chi connectivity index (χ0) is 15.2. The zero-order valence-electron chi connectivity index (χ0n) is 11.8. The van der Waals surface area contributed by atoms with Crippen LogP contribution in [0.1, 0.15) is 48.9 Å². The van der Waals surface area contributed by atoms with Gasteiger partial charge in [0.2, 0.25) is 0 Å². The lowest BCUT2D eigenvalue weighted by Gasteiger charge is -2.27. The van der Waals surface area contributed by atoms with E-state index in [2.05, 4.69) is 5.32 Å². The van der Waals surface area contributed by atoms with Crippen LogP contribution in [0.25, 0.3) is 0 Å². The third-order valence-electron chi connectivity index (χ3n) is 3.99. The monoisotopic (exact) mass is 293 g/mol. The van der Waals surface area contributed by atoms with E-state index >= 15 is 0 Å². The topological polar surface area (TPSA) is 66.4 Å². The van der Waals surface area contributed by atoms with Crippen LogP contribution in [0.15, 0.2) is 24.3 Å². The molecule has 5 heteroatoms. The Hall–Kier alpha value is -1.91. The molecule has 1 saturated carbocycles. The highest BCUT2D eigenvalue weighted by atomic mass is 19.1. The average molecular weight is 293 g/mol. The van der Waals surface area contributed by atoms with Crippen molar-refractivity contribution in [2.24, 2.45) is 5.92 Å². The Morgan fingerprint density at radius 2 is 1.86 bits per heavy atom. The molecular weight excluding hydrogens is 273 g/mol. The molecule has 1 aliphatic carbocycles. The van der Waals surface area contributed by atoms with Crippen LogP contribution >= 0.6 is 0 Å². The first-order valence-corrected chi connectivity index (χ1v) is 7.37. The smallest absolute Gasteiger partial charge is 0.308 e. The number of carboxylic acids is 1. The number of carbonyl (C=O) groups is 2. The molecule has 0 saturated heterocycles. The minimum atomic E-state index is -0.874. The predicted octanol–water partition coefficient (Wildman–Crippen LogP) is 2.98. The molecule has 0 bridgehead atoms. The molecule has 114 valence electrons. The summed E-state index contributed by atoms with van der Waals surface area (Å²) in [7, 11) is 0. The largest absolute Gasteiger partial charge is 0.481 e. The van der Waals surface area contributed by atoms with E-state index in [9.17, 15) is 19.1 Å². The Morgan fingerprint density at radius 1 is 1.14 bits per heavy atom. The van der Waals surface area contributed by atoms with Crippen molar-refractivity contribution in [1.29, 1.82) is 0 Å². The minimum absolute atomic E-state index is 0.223. The van der Waals surface area contributed by atoms with Gasteiger partial charge in [-0.2, -0.15) is 0 Å². The summed E-state index contributed by atoms with van der Waals surface area (Å²) in [6.45, 7) is 0. The molecule has 21 heavy (non-hydrogen) atoms. The van der Waals surface area contributed by atoms with E-state index in [4.69, 9.17) is 0 Å². The van der Waals surface area contributed by atoms with Crippen LogP contribution in [0.4, 0.5) is 4.39 Å². The number of halogens is 1. The molecule has 2 N–H and O–H groups in total. The second-order valence-corrected chi connectivity index (χ2v) is 5.53. The predicted molar refractivity (Wildman–Crippen MR) is 76.5 cm³/mol. The Bertz CT molecular complexity index is 518. The quantitative estimate of drug-likeness (QED) is 0.900. The summed E-state index contributed by atoms with van der Waals surface area (Å²) in [6, 6.07) is 5.04. The first-order valence-electron chi connectivity index (χ1n) is 7.37. The number of hydrogen-bond donors (Lipinski definition) is 2. The number of hydrogen-bond acceptors (Lipinski definition) is 2. The lowest BCUT2D eigenvalue weighted by atomic mass is 9.86. The molecule has 0 heterocycles. The zero-order valence-corrected chi connectivity index (χ0v) is 11.8. The standard InChI is InChI=1S/C16H20FNO3/c17-12-7-5-6-11(10-12)15(19)18-14-9-4-2-1-3-8-13(14)16(20)21/h5-7,10,13-14H,1-4,8-9H2,(H,18,19)(H,20,21). The molecule has 1 amide bonds. The molecule has 1 aliphatic rings. The highest BCUT2D eigenvalue weighted by Gasteiger charge is 2.30. The van der Waals surface area contributed by atoms with Crippen LogP contribution in [0, 0.1) is 11.7 Å². The molecule has 2 atom stereocenters. The van der Waals surface area contributed by atoms with Crippen LogP contribution in [-0.4, -0.2) is 23.0 Å². The summed E-state index contributed by atoms with van der Waals surface area (Å²) in [5, 5.41) is 12.1. The van der Waals surface area contributed by atoms with Crippen molar-refractivity contribution < 1.29 is 19.1 Å². The van der Waals surface area contributed by atoms with Crippen molar-refractivity contribution in [2.75, 3.05) is 0 Å². The van der Waals surface area contributed by atoms with Crippen molar-refractivity contribution in [3.05, 3.63) is 35.6 Å². The molecule has 1 aromatic carbocycles. The molecule has 0 spiro atoms. The van der Waals surface area contributed by atoms with E-state index in [1.54, 1.807) is 0 Å². The van der Waals surface area contributed by atoms with E-state index < -0.39 is 29.7 Å². The SMILES string of the molecule is O=C(NC1CCCCCCC1C(=O)O)c1cccc(F)c1. The van der Waals surface area contributed by atoms with Gasteiger partial charge in [0, 0.05) is 11.6 Å². The molecule has 2 unspecified atom stereocenters. The van der Waals surface area contributed by atoms with Gasteiger partial charge in [-0.25, -0.2) is 4.39 Å². The van der Waals surface area contributed by atoms with Crippen LogP contribution in [0.2, 0.25) is 0 Å². The molecule has 0 aliphatic heterocycles. The molecular formula is C16H20FNO3. The van der Waals surface area contributed by atoms with Gasteiger partial charge in [0.15, 0.2) is 0 Å². The first-order chi connectivity index (χ1) is 10.1. The highest BCUT2D eigenvalue weighted by Crippen LogP contribution is 2.23. The van der Waals surface area contributed by atoms with E-state index in [1.165, 1.54) is 18.2 Å². The Balaban J connectivity index is 2.09. The van der Waals surface area contributed by atoms with Gasteiger partial charge in [-0.1, -0.05) is 31.7 Å². The number of rotatable bonds is 3. The Labute approximate surface area is 123 Å². The van der Waals surface area contributed by atoms with Gasteiger partial charge in [0.1, 0.15) is 5.82 Å². The lowest BCUT2D eigenvalue weighted by molar-refractivity contribution is -0.143. The number of benzene rings is 1. The van der Waals surface area contributed by atoms with Crippen molar-refractivity contribution in [3.63, 3.8) is 0 Å². The normalized spacial score (nSPS) is 22.9. The Morgan fingerprint density at radius 3 is 2.52 bits per heavy atom. The third-order valence-corrected chi connectivity index (χ3v) is 3.99. The molecule has 0 radical (unpaired) electrons.